The molecule has 0 radical (unpaired) electrons. The van der Waals surface area contributed by atoms with Gasteiger partial charge in [-0.25, -0.2) is 0 Å². The van der Waals surface area contributed by atoms with Gasteiger partial charge in [-0.2, -0.15) is 0 Å². The summed E-state index contributed by atoms with van der Waals surface area (Å²) < 4.78 is 0. The van der Waals surface area contributed by atoms with Gasteiger partial charge in [-0.05, 0) is 30.3 Å². The molecule has 0 atom stereocenters. The highest BCUT2D eigenvalue weighted by molar-refractivity contribution is 7.99. The van der Waals surface area contributed by atoms with Gasteiger partial charge in [0.25, 0.3) is 5.91 Å². The topological polar surface area (TPSA) is 58.2 Å². The van der Waals surface area contributed by atoms with Crippen molar-refractivity contribution >= 4 is 35.0 Å². The summed E-state index contributed by atoms with van der Waals surface area (Å²) in [6.45, 7) is 0. The van der Waals surface area contributed by atoms with Crippen molar-refractivity contribution in [2.75, 3.05) is 16.4 Å². The van der Waals surface area contributed by atoms with Crippen LogP contribution in [0.25, 0.3) is 0 Å². The molecule has 0 saturated heterocycles. The van der Waals surface area contributed by atoms with E-state index in [0.29, 0.717) is 17.7 Å². The lowest BCUT2D eigenvalue weighted by molar-refractivity contribution is -0.115. The Hall–Kier alpha value is -2.27. The zero-order valence-electron chi connectivity index (χ0n) is 11.3. The molecule has 1 aliphatic heterocycles. The standard InChI is InChI=1S/C16H14N2O2S/c19-15-8-9-21-14-7-6-11(10-13(14)18-15)16(20)17-12-4-2-1-3-5-12/h1-7,10H,8-9H2,(H,17,20)(H,18,19). The molecule has 1 aliphatic rings. The SMILES string of the molecule is O=C1CCSc2ccc(C(=O)Nc3ccccc3)cc2N1. The first-order chi connectivity index (χ1) is 10.2. The van der Waals surface area contributed by atoms with E-state index >= 15 is 0 Å². The molecule has 2 aromatic carbocycles. The molecule has 0 spiro atoms. The molecular weight excluding hydrogens is 284 g/mol. The van der Waals surface area contributed by atoms with E-state index in [2.05, 4.69) is 10.6 Å². The van der Waals surface area contributed by atoms with Crippen LogP contribution in [0, 0.1) is 0 Å². The number of benzene rings is 2. The van der Waals surface area contributed by atoms with Crippen molar-refractivity contribution in [3.8, 4) is 0 Å². The van der Waals surface area contributed by atoms with Crippen LogP contribution in [-0.4, -0.2) is 17.6 Å². The Bertz CT molecular complexity index is 686. The fourth-order valence-corrected chi connectivity index (χ4v) is 3.02. The smallest absolute Gasteiger partial charge is 0.255 e. The van der Waals surface area contributed by atoms with Gasteiger partial charge in [0, 0.05) is 28.3 Å². The minimum Gasteiger partial charge on any atom is -0.325 e. The third-order valence-corrected chi connectivity index (χ3v) is 4.21. The number of carbonyl (C=O) groups is 2. The van der Waals surface area contributed by atoms with E-state index in [4.69, 9.17) is 0 Å². The Morgan fingerprint density at radius 3 is 2.76 bits per heavy atom. The molecular formula is C16H14N2O2S. The van der Waals surface area contributed by atoms with Crippen molar-refractivity contribution in [1.29, 1.82) is 0 Å². The van der Waals surface area contributed by atoms with Crippen molar-refractivity contribution in [3.63, 3.8) is 0 Å². The summed E-state index contributed by atoms with van der Waals surface area (Å²) in [6, 6.07) is 14.7. The van der Waals surface area contributed by atoms with Crippen LogP contribution in [0.4, 0.5) is 11.4 Å². The van der Waals surface area contributed by atoms with Crippen LogP contribution in [0.5, 0.6) is 0 Å². The molecule has 106 valence electrons. The predicted octanol–water partition coefficient (Wildman–Crippen LogP) is 3.37. The van der Waals surface area contributed by atoms with E-state index < -0.39 is 0 Å². The fourth-order valence-electron chi connectivity index (χ4n) is 2.09. The Labute approximate surface area is 126 Å². The van der Waals surface area contributed by atoms with Crippen molar-refractivity contribution in [2.45, 2.75) is 11.3 Å². The Morgan fingerprint density at radius 1 is 1.14 bits per heavy atom. The first-order valence-corrected chi connectivity index (χ1v) is 7.64. The van der Waals surface area contributed by atoms with Crippen LogP contribution >= 0.6 is 11.8 Å². The minimum atomic E-state index is -0.188. The van der Waals surface area contributed by atoms with Gasteiger partial charge in [0.15, 0.2) is 0 Å². The van der Waals surface area contributed by atoms with Crippen molar-refractivity contribution < 1.29 is 9.59 Å². The predicted molar refractivity (Wildman–Crippen MR) is 84.8 cm³/mol. The van der Waals surface area contributed by atoms with Crippen LogP contribution < -0.4 is 10.6 Å². The molecule has 2 aromatic rings. The molecule has 0 aromatic heterocycles. The summed E-state index contributed by atoms with van der Waals surface area (Å²) in [7, 11) is 0. The van der Waals surface area contributed by atoms with Crippen LogP contribution in [0.2, 0.25) is 0 Å². The third kappa shape index (κ3) is 3.25. The molecule has 0 unspecified atom stereocenters. The summed E-state index contributed by atoms with van der Waals surface area (Å²) in [5.41, 5.74) is 1.99. The second-order valence-electron chi connectivity index (χ2n) is 4.68. The van der Waals surface area contributed by atoms with Crippen LogP contribution in [0.15, 0.2) is 53.4 Å². The van der Waals surface area contributed by atoms with Crippen LogP contribution in [0.3, 0.4) is 0 Å². The average molecular weight is 298 g/mol. The first kappa shape index (κ1) is 13.7. The van der Waals surface area contributed by atoms with Crippen LogP contribution in [-0.2, 0) is 4.79 Å². The molecule has 2 amide bonds. The van der Waals surface area contributed by atoms with Crippen molar-refractivity contribution in [2.24, 2.45) is 0 Å². The highest BCUT2D eigenvalue weighted by Crippen LogP contribution is 2.31. The van der Waals surface area contributed by atoms with E-state index in [1.165, 1.54) is 0 Å². The molecule has 0 fully saturated rings. The summed E-state index contributed by atoms with van der Waals surface area (Å²) in [6.07, 6.45) is 0.491. The van der Waals surface area contributed by atoms with Crippen molar-refractivity contribution in [1.82, 2.24) is 0 Å². The third-order valence-electron chi connectivity index (χ3n) is 3.13. The number of nitrogens with one attached hydrogen (secondary N) is 2. The van der Waals surface area contributed by atoms with Gasteiger partial charge in [0.1, 0.15) is 0 Å². The molecule has 0 aliphatic carbocycles. The average Bonchev–Trinajstić information content (AvgIpc) is 2.68. The lowest BCUT2D eigenvalue weighted by Gasteiger charge is -2.09. The summed E-state index contributed by atoms with van der Waals surface area (Å²) in [5, 5.41) is 5.68. The van der Waals surface area contributed by atoms with Gasteiger partial charge < -0.3 is 10.6 Å². The van der Waals surface area contributed by atoms with Gasteiger partial charge in [-0.1, -0.05) is 18.2 Å². The minimum absolute atomic E-state index is 0.0122. The largest absolute Gasteiger partial charge is 0.325 e. The monoisotopic (exact) mass is 298 g/mol. The summed E-state index contributed by atoms with van der Waals surface area (Å²) in [4.78, 5) is 24.8. The number of hydrogen-bond donors (Lipinski definition) is 2. The second kappa shape index (κ2) is 6.01. The Balaban J connectivity index is 1.83. The van der Waals surface area contributed by atoms with E-state index in [0.717, 1.165) is 16.3 Å². The molecule has 5 heteroatoms. The van der Waals surface area contributed by atoms with Gasteiger partial charge in [0.2, 0.25) is 5.91 Å². The van der Waals surface area contributed by atoms with E-state index in [1.807, 2.05) is 36.4 Å². The molecule has 0 saturated carbocycles. The first-order valence-electron chi connectivity index (χ1n) is 6.65. The molecule has 1 heterocycles. The number of thioether (sulfide) groups is 1. The zero-order chi connectivity index (χ0) is 14.7. The van der Waals surface area contributed by atoms with Crippen LogP contribution in [0.1, 0.15) is 16.8 Å². The number of para-hydroxylation sites is 1. The maximum Gasteiger partial charge on any atom is 0.255 e. The molecule has 0 bridgehead atoms. The van der Waals surface area contributed by atoms with Gasteiger partial charge in [0.05, 0.1) is 5.69 Å². The van der Waals surface area contributed by atoms with Gasteiger partial charge >= 0.3 is 0 Å². The number of anilines is 2. The normalized spacial score (nSPS) is 13.8. The Kier molecular flexibility index (Phi) is 3.92. The highest BCUT2D eigenvalue weighted by Gasteiger charge is 2.15. The maximum absolute atomic E-state index is 12.2. The molecule has 3 rings (SSSR count). The van der Waals surface area contributed by atoms with E-state index in [9.17, 15) is 9.59 Å². The maximum atomic E-state index is 12.2. The van der Waals surface area contributed by atoms with Gasteiger partial charge in [-0.3, -0.25) is 9.59 Å². The lowest BCUT2D eigenvalue weighted by Crippen LogP contribution is -2.14. The fraction of sp³-hybridized carbons (Fsp3) is 0.125. The number of amides is 2. The highest BCUT2D eigenvalue weighted by atomic mass is 32.2. The lowest BCUT2D eigenvalue weighted by atomic mass is 10.1. The van der Waals surface area contributed by atoms with E-state index in [-0.39, 0.29) is 11.8 Å². The van der Waals surface area contributed by atoms with Gasteiger partial charge in [-0.15, -0.1) is 11.8 Å². The molecule has 2 N–H and O–H groups in total. The number of hydrogen-bond acceptors (Lipinski definition) is 3. The van der Waals surface area contributed by atoms with Crippen molar-refractivity contribution in [3.05, 3.63) is 54.1 Å². The quantitative estimate of drug-likeness (QED) is 0.893. The number of rotatable bonds is 2. The number of fused-ring (bicyclic) bond motifs is 1. The molecule has 21 heavy (non-hydrogen) atoms. The van der Waals surface area contributed by atoms with E-state index in [1.54, 1.807) is 23.9 Å². The summed E-state index contributed by atoms with van der Waals surface area (Å²) >= 11 is 1.62. The second-order valence-corrected chi connectivity index (χ2v) is 5.81. The zero-order valence-corrected chi connectivity index (χ0v) is 12.1. The summed E-state index contributed by atoms with van der Waals surface area (Å²) in [5.74, 6) is 0.559. The Morgan fingerprint density at radius 2 is 1.95 bits per heavy atom. The molecule has 4 nitrogen and oxygen atoms in total. The number of carbonyl (C=O) groups excluding carboxylic acids is 2.